The van der Waals surface area contributed by atoms with Crippen molar-refractivity contribution in [1.29, 1.82) is 5.26 Å². The number of halogens is 1. The minimum absolute atomic E-state index is 0.356. The van der Waals surface area contributed by atoms with Gasteiger partial charge in [-0.3, -0.25) is 4.40 Å². The third-order valence-electron chi connectivity index (χ3n) is 2.84. The van der Waals surface area contributed by atoms with Gasteiger partial charge in [0.1, 0.15) is 30.4 Å². The molecule has 0 amide bonds. The van der Waals surface area contributed by atoms with Crippen LogP contribution in [0.25, 0.3) is 17.0 Å². The monoisotopic (exact) mass is 253 g/mol. The van der Waals surface area contributed by atoms with E-state index in [0.29, 0.717) is 28.2 Å². The van der Waals surface area contributed by atoms with Gasteiger partial charge in [0, 0.05) is 18.0 Å². The summed E-state index contributed by atoms with van der Waals surface area (Å²) in [6.45, 7) is -0.588. The van der Waals surface area contributed by atoms with Crippen LogP contribution in [0, 0.1) is 11.3 Å². The molecule has 3 aromatic rings. The molecule has 0 aliphatic carbocycles. The minimum Gasteiger partial charge on any atom is -0.298 e. The van der Waals surface area contributed by atoms with Gasteiger partial charge in [0.15, 0.2) is 0 Å². The van der Waals surface area contributed by atoms with E-state index in [-0.39, 0.29) is 0 Å². The Bertz CT molecular complexity index is 787. The minimum atomic E-state index is -0.588. The molecule has 0 saturated carbocycles. The van der Waals surface area contributed by atoms with Gasteiger partial charge >= 0.3 is 0 Å². The van der Waals surface area contributed by atoms with Gasteiger partial charge in [0.2, 0.25) is 0 Å². The van der Waals surface area contributed by atoms with Crippen LogP contribution < -0.4 is 0 Å². The number of pyridine rings is 1. The summed E-state index contributed by atoms with van der Waals surface area (Å²) in [5.74, 6) is 0. The SMILES string of the molecule is N#Cc1cncnc1-c1cnc2c(CF)cccn12. The first-order valence-electron chi connectivity index (χ1n) is 5.56. The molecule has 92 valence electrons. The molecule has 0 radical (unpaired) electrons. The molecular weight excluding hydrogens is 245 g/mol. The molecule has 19 heavy (non-hydrogen) atoms. The van der Waals surface area contributed by atoms with Gasteiger partial charge in [0.05, 0.1) is 17.5 Å². The van der Waals surface area contributed by atoms with Gasteiger partial charge in [-0.1, -0.05) is 6.07 Å². The summed E-state index contributed by atoms with van der Waals surface area (Å²) >= 11 is 0. The molecule has 5 nitrogen and oxygen atoms in total. The molecule has 0 aliphatic rings. The zero-order chi connectivity index (χ0) is 13.2. The Hall–Kier alpha value is -2.81. The van der Waals surface area contributed by atoms with Crippen molar-refractivity contribution in [3.63, 3.8) is 0 Å². The third kappa shape index (κ3) is 1.72. The van der Waals surface area contributed by atoms with E-state index in [0.717, 1.165) is 0 Å². The molecule has 0 fully saturated rings. The van der Waals surface area contributed by atoms with E-state index in [1.165, 1.54) is 12.5 Å². The van der Waals surface area contributed by atoms with Gasteiger partial charge in [-0.2, -0.15) is 5.26 Å². The molecule has 0 aromatic carbocycles. The number of hydrogen-bond acceptors (Lipinski definition) is 4. The predicted octanol–water partition coefficient (Wildman–Crippen LogP) is 2.13. The number of imidazole rings is 1. The van der Waals surface area contributed by atoms with Crippen LogP contribution in [0.15, 0.2) is 37.1 Å². The highest BCUT2D eigenvalue weighted by Gasteiger charge is 2.13. The van der Waals surface area contributed by atoms with E-state index in [4.69, 9.17) is 5.26 Å². The zero-order valence-corrected chi connectivity index (χ0v) is 9.79. The summed E-state index contributed by atoms with van der Waals surface area (Å²) in [4.78, 5) is 12.1. The Kier molecular flexibility index (Phi) is 2.65. The summed E-state index contributed by atoms with van der Waals surface area (Å²) < 4.78 is 14.6. The molecule has 0 unspecified atom stereocenters. The Morgan fingerprint density at radius 3 is 3.00 bits per heavy atom. The largest absolute Gasteiger partial charge is 0.298 e. The summed E-state index contributed by atoms with van der Waals surface area (Å²) in [7, 11) is 0. The highest BCUT2D eigenvalue weighted by molar-refractivity contribution is 5.66. The number of fused-ring (bicyclic) bond motifs is 1. The molecular formula is C13H8FN5. The maximum absolute atomic E-state index is 12.9. The highest BCUT2D eigenvalue weighted by Crippen LogP contribution is 2.23. The van der Waals surface area contributed by atoms with Crippen LogP contribution in [0.4, 0.5) is 4.39 Å². The van der Waals surface area contributed by atoms with Crippen molar-refractivity contribution in [1.82, 2.24) is 19.4 Å². The molecule has 6 heteroatoms. The van der Waals surface area contributed by atoms with Crippen LogP contribution in [-0.2, 0) is 6.67 Å². The fourth-order valence-corrected chi connectivity index (χ4v) is 1.96. The lowest BCUT2D eigenvalue weighted by molar-refractivity contribution is 0.486. The summed E-state index contributed by atoms with van der Waals surface area (Å²) in [5, 5.41) is 9.07. The van der Waals surface area contributed by atoms with Crippen LogP contribution in [0.1, 0.15) is 11.1 Å². The van der Waals surface area contributed by atoms with Crippen molar-refractivity contribution in [3.8, 4) is 17.5 Å². The second kappa shape index (κ2) is 4.46. The smallest absolute Gasteiger partial charge is 0.143 e. The lowest BCUT2D eigenvalue weighted by atomic mass is 10.2. The number of hydrogen-bond donors (Lipinski definition) is 0. The topological polar surface area (TPSA) is 66.9 Å². The van der Waals surface area contributed by atoms with Crippen LogP contribution in [0.3, 0.4) is 0 Å². The van der Waals surface area contributed by atoms with Crippen molar-refractivity contribution in [2.75, 3.05) is 0 Å². The van der Waals surface area contributed by atoms with Gasteiger partial charge in [-0.25, -0.2) is 19.3 Å². The summed E-state index contributed by atoms with van der Waals surface area (Å²) in [6, 6.07) is 5.45. The molecule has 0 bridgehead atoms. The fraction of sp³-hybridized carbons (Fsp3) is 0.0769. The number of alkyl halides is 1. The first kappa shape index (κ1) is 11.3. The Labute approximate surface area is 108 Å². The third-order valence-corrected chi connectivity index (χ3v) is 2.84. The molecule has 3 heterocycles. The quantitative estimate of drug-likeness (QED) is 0.701. The molecule has 0 atom stereocenters. The first-order valence-corrected chi connectivity index (χ1v) is 5.56. The molecule has 3 rings (SSSR count). The first-order chi connectivity index (χ1) is 9.35. The second-order valence-electron chi connectivity index (χ2n) is 3.90. The van der Waals surface area contributed by atoms with E-state index in [1.54, 1.807) is 28.9 Å². The average Bonchev–Trinajstić information content (AvgIpc) is 2.90. The van der Waals surface area contributed by atoms with E-state index in [1.807, 2.05) is 6.07 Å². The highest BCUT2D eigenvalue weighted by atomic mass is 19.1. The van der Waals surface area contributed by atoms with E-state index >= 15 is 0 Å². The molecule has 0 saturated heterocycles. The number of aromatic nitrogens is 4. The van der Waals surface area contributed by atoms with Crippen molar-refractivity contribution >= 4 is 5.65 Å². The lowest BCUT2D eigenvalue weighted by Crippen LogP contribution is -1.96. The van der Waals surface area contributed by atoms with Gasteiger partial charge in [0.25, 0.3) is 0 Å². The fourth-order valence-electron chi connectivity index (χ4n) is 1.96. The van der Waals surface area contributed by atoms with Gasteiger partial charge < -0.3 is 0 Å². The lowest BCUT2D eigenvalue weighted by Gasteiger charge is -2.03. The summed E-state index contributed by atoms with van der Waals surface area (Å²) in [5.41, 5.74) is 2.52. The van der Waals surface area contributed by atoms with E-state index in [2.05, 4.69) is 15.0 Å². The van der Waals surface area contributed by atoms with Gasteiger partial charge in [-0.15, -0.1) is 0 Å². The predicted molar refractivity (Wildman–Crippen MR) is 65.7 cm³/mol. The average molecular weight is 253 g/mol. The maximum Gasteiger partial charge on any atom is 0.143 e. The van der Waals surface area contributed by atoms with E-state index < -0.39 is 6.67 Å². The van der Waals surface area contributed by atoms with Gasteiger partial charge in [-0.05, 0) is 6.07 Å². The van der Waals surface area contributed by atoms with E-state index in [9.17, 15) is 4.39 Å². The second-order valence-corrected chi connectivity index (χ2v) is 3.90. The number of rotatable bonds is 2. The van der Waals surface area contributed by atoms with Crippen molar-refractivity contribution < 1.29 is 4.39 Å². The Morgan fingerprint density at radius 2 is 2.21 bits per heavy atom. The van der Waals surface area contributed by atoms with Crippen LogP contribution >= 0.6 is 0 Å². The van der Waals surface area contributed by atoms with Crippen LogP contribution in [0.2, 0.25) is 0 Å². The van der Waals surface area contributed by atoms with Crippen molar-refractivity contribution in [2.24, 2.45) is 0 Å². The summed E-state index contributed by atoms with van der Waals surface area (Å²) in [6.07, 6.45) is 6.16. The molecule has 0 aliphatic heterocycles. The Morgan fingerprint density at radius 1 is 1.32 bits per heavy atom. The zero-order valence-electron chi connectivity index (χ0n) is 9.79. The number of nitriles is 1. The Balaban J connectivity index is 2.30. The maximum atomic E-state index is 12.9. The van der Waals surface area contributed by atoms with Crippen molar-refractivity contribution in [3.05, 3.63) is 48.2 Å². The molecule has 0 N–H and O–H groups in total. The van der Waals surface area contributed by atoms with Crippen LogP contribution in [0.5, 0.6) is 0 Å². The molecule has 3 aromatic heterocycles. The normalized spacial score (nSPS) is 10.5. The standard InChI is InChI=1S/C13H8FN5/c14-4-9-2-1-3-19-11(7-17-13(9)19)12-10(5-15)6-16-8-18-12/h1-3,6-8H,4H2. The number of nitrogens with zero attached hydrogens (tertiary/aromatic N) is 5. The van der Waals surface area contributed by atoms with Crippen LogP contribution in [-0.4, -0.2) is 19.4 Å². The molecule has 0 spiro atoms. The van der Waals surface area contributed by atoms with Crippen molar-refractivity contribution in [2.45, 2.75) is 6.67 Å².